The van der Waals surface area contributed by atoms with Crippen LogP contribution in [0.5, 0.6) is 0 Å². The Kier molecular flexibility index (Phi) is 1.62. The summed E-state index contributed by atoms with van der Waals surface area (Å²) in [5.41, 5.74) is 8.26. The summed E-state index contributed by atoms with van der Waals surface area (Å²) in [4.78, 5) is 0. The predicted molar refractivity (Wildman–Crippen MR) is 56.1 cm³/mol. The van der Waals surface area contributed by atoms with Gasteiger partial charge in [0.1, 0.15) is 0 Å². The van der Waals surface area contributed by atoms with Crippen molar-refractivity contribution >= 4 is 5.69 Å². The molecule has 3 rings (SSSR count). The van der Waals surface area contributed by atoms with Crippen molar-refractivity contribution in [1.82, 2.24) is 0 Å². The van der Waals surface area contributed by atoms with E-state index in [0.717, 1.165) is 12.3 Å². The molecule has 1 saturated carbocycles. The van der Waals surface area contributed by atoms with Crippen molar-refractivity contribution in [3.63, 3.8) is 0 Å². The molecule has 1 aromatic carbocycles. The fraction of sp³-hybridized carbons (Fsp3) is 0.500. The molecule has 2 nitrogen and oxygen atoms in total. The Labute approximate surface area is 84.1 Å². The molecular weight excluding hydrogens is 174 g/mol. The number of hydrogen-bond acceptors (Lipinski definition) is 2. The van der Waals surface area contributed by atoms with E-state index in [1.54, 1.807) is 0 Å². The standard InChI is InChI=1S/C12H15NO/c13-10-3-1-9(2-4-10)12-6-5-11(7-12)14-8-12/h1-4,11H,5-8,13H2. The van der Waals surface area contributed by atoms with Gasteiger partial charge in [0.2, 0.25) is 0 Å². The number of fused-ring (bicyclic) bond motifs is 2. The van der Waals surface area contributed by atoms with E-state index in [-0.39, 0.29) is 0 Å². The fourth-order valence-electron chi connectivity index (χ4n) is 2.81. The fourth-order valence-corrected chi connectivity index (χ4v) is 2.81. The first-order valence-electron chi connectivity index (χ1n) is 5.26. The highest BCUT2D eigenvalue weighted by atomic mass is 16.5. The van der Waals surface area contributed by atoms with E-state index in [2.05, 4.69) is 12.1 Å². The summed E-state index contributed by atoms with van der Waals surface area (Å²) in [6, 6.07) is 8.31. The quantitative estimate of drug-likeness (QED) is 0.686. The first kappa shape index (κ1) is 8.30. The zero-order valence-electron chi connectivity index (χ0n) is 8.20. The average Bonchev–Trinajstić information content (AvgIpc) is 2.79. The van der Waals surface area contributed by atoms with Crippen LogP contribution in [-0.4, -0.2) is 12.7 Å². The molecular formula is C12H15NO. The van der Waals surface area contributed by atoms with E-state index in [4.69, 9.17) is 10.5 Å². The first-order valence-corrected chi connectivity index (χ1v) is 5.26. The van der Waals surface area contributed by atoms with E-state index in [9.17, 15) is 0 Å². The minimum absolute atomic E-state index is 0.318. The molecule has 0 radical (unpaired) electrons. The van der Waals surface area contributed by atoms with Gasteiger partial charge in [-0.15, -0.1) is 0 Å². The molecule has 1 heterocycles. The lowest BCUT2D eigenvalue weighted by molar-refractivity contribution is 0.0698. The van der Waals surface area contributed by atoms with Crippen LogP contribution in [0.2, 0.25) is 0 Å². The van der Waals surface area contributed by atoms with E-state index in [1.165, 1.54) is 24.8 Å². The lowest BCUT2D eigenvalue weighted by Crippen LogP contribution is -2.25. The minimum atomic E-state index is 0.318. The lowest BCUT2D eigenvalue weighted by atomic mass is 9.80. The number of rotatable bonds is 1. The van der Waals surface area contributed by atoms with Crippen molar-refractivity contribution in [2.75, 3.05) is 12.3 Å². The second-order valence-electron chi connectivity index (χ2n) is 4.58. The van der Waals surface area contributed by atoms with Gasteiger partial charge >= 0.3 is 0 Å². The largest absolute Gasteiger partial charge is 0.399 e. The highest BCUT2D eigenvalue weighted by Gasteiger charge is 2.46. The van der Waals surface area contributed by atoms with E-state index in [0.29, 0.717) is 11.5 Å². The summed E-state index contributed by atoms with van der Waals surface area (Å²) >= 11 is 0. The molecule has 1 saturated heterocycles. The minimum Gasteiger partial charge on any atom is -0.399 e. The Hall–Kier alpha value is -1.02. The summed E-state index contributed by atoms with van der Waals surface area (Å²) in [5, 5.41) is 0. The Morgan fingerprint density at radius 3 is 2.57 bits per heavy atom. The Balaban J connectivity index is 1.98. The van der Waals surface area contributed by atoms with Crippen molar-refractivity contribution < 1.29 is 4.74 Å². The van der Waals surface area contributed by atoms with Crippen molar-refractivity contribution in [2.45, 2.75) is 30.8 Å². The van der Waals surface area contributed by atoms with Crippen LogP contribution in [0.15, 0.2) is 24.3 Å². The van der Waals surface area contributed by atoms with Gasteiger partial charge in [-0.05, 0) is 37.0 Å². The molecule has 2 bridgehead atoms. The SMILES string of the molecule is Nc1ccc(C23CCC(C2)OC3)cc1. The van der Waals surface area contributed by atoms with E-state index in [1.807, 2.05) is 12.1 Å². The lowest BCUT2D eigenvalue weighted by Gasteiger charge is -2.26. The van der Waals surface area contributed by atoms with Gasteiger partial charge < -0.3 is 10.5 Å². The van der Waals surface area contributed by atoms with Crippen LogP contribution < -0.4 is 5.73 Å². The average molecular weight is 189 g/mol. The highest BCUT2D eigenvalue weighted by Crippen LogP contribution is 2.47. The molecule has 0 spiro atoms. The predicted octanol–water partition coefficient (Wildman–Crippen LogP) is 2.09. The van der Waals surface area contributed by atoms with E-state index < -0.39 is 0 Å². The molecule has 14 heavy (non-hydrogen) atoms. The summed E-state index contributed by atoms with van der Waals surface area (Å²) in [6.07, 6.45) is 4.23. The van der Waals surface area contributed by atoms with Gasteiger partial charge in [0.25, 0.3) is 0 Å². The number of nitrogen functional groups attached to an aromatic ring is 1. The number of benzene rings is 1. The zero-order chi connectivity index (χ0) is 9.60. The number of nitrogens with two attached hydrogens (primary N) is 1. The number of anilines is 1. The molecule has 2 unspecified atom stereocenters. The molecule has 2 heteroatoms. The summed E-state index contributed by atoms with van der Waals surface area (Å²) in [7, 11) is 0. The number of hydrogen-bond donors (Lipinski definition) is 1. The van der Waals surface area contributed by atoms with Gasteiger partial charge in [0, 0.05) is 11.1 Å². The van der Waals surface area contributed by atoms with Crippen LogP contribution in [-0.2, 0) is 10.2 Å². The Morgan fingerprint density at radius 1 is 1.29 bits per heavy atom. The van der Waals surface area contributed by atoms with Crippen LogP contribution in [0.4, 0.5) is 5.69 Å². The van der Waals surface area contributed by atoms with Gasteiger partial charge in [-0.2, -0.15) is 0 Å². The summed E-state index contributed by atoms with van der Waals surface area (Å²) in [5.74, 6) is 0. The molecule has 2 fully saturated rings. The van der Waals surface area contributed by atoms with Gasteiger partial charge in [0.15, 0.2) is 0 Å². The third-order valence-electron chi connectivity index (χ3n) is 3.68. The molecule has 1 aromatic rings. The van der Waals surface area contributed by atoms with Crippen LogP contribution >= 0.6 is 0 Å². The van der Waals surface area contributed by atoms with Crippen molar-refractivity contribution in [1.29, 1.82) is 0 Å². The maximum absolute atomic E-state index is 5.71. The maximum Gasteiger partial charge on any atom is 0.0585 e. The first-order chi connectivity index (χ1) is 6.78. The molecule has 74 valence electrons. The smallest absolute Gasteiger partial charge is 0.0585 e. The molecule has 2 aliphatic rings. The third-order valence-corrected chi connectivity index (χ3v) is 3.68. The molecule has 0 amide bonds. The van der Waals surface area contributed by atoms with Crippen molar-refractivity contribution in [2.24, 2.45) is 0 Å². The van der Waals surface area contributed by atoms with Crippen LogP contribution in [0.1, 0.15) is 24.8 Å². The van der Waals surface area contributed by atoms with Gasteiger partial charge in [0.05, 0.1) is 12.7 Å². The number of ether oxygens (including phenoxy) is 1. The van der Waals surface area contributed by atoms with Crippen molar-refractivity contribution in [3.8, 4) is 0 Å². The summed E-state index contributed by atoms with van der Waals surface area (Å²) < 4.78 is 5.71. The second-order valence-corrected chi connectivity index (χ2v) is 4.58. The summed E-state index contributed by atoms with van der Waals surface area (Å²) in [6.45, 7) is 0.904. The maximum atomic E-state index is 5.71. The molecule has 2 N–H and O–H groups in total. The normalized spacial score (nSPS) is 35.0. The second kappa shape index (κ2) is 2.74. The Morgan fingerprint density at radius 2 is 2.07 bits per heavy atom. The van der Waals surface area contributed by atoms with Gasteiger partial charge in [-0.3, -0.25) is 0 Å². The van der Waals surface area contributed by atoms with E-state index >= 15 is 0 Å². The third kappa shape index (κ3) is 1.07. The van der Waals surface area contributed by atoms with Crippen LogP contribution in [0.3, 0.4) is 0 Å². The van der Waals surface area contributed by atoms with Crippen molar-refractivity contribution in [3.05, 3.63) is 29.8 Å². The molecule has 2 atom stereocenters. The van der Waals surface area contributed by atoms with Crippen LogP contribution in [0.25, 0.3) is 0 Å². The van der Waals surface area contributed by atoms with Gasteiger partial charge in [-0.25, -0.2) is 0 Å². The topological polar surface area (TPSA) is 35.2 Å². The molecule has 0 aromatic heterocycles. The highest BCUT2D eigenvalue weighted by molar-refractivity contribution is 5.42. The van der Waals surface area contributed by atoms with Gasteiger partial charge in [-0.1, -0.05) is 12.1 Å². The molecule has 1 aliphatic heterocycles. The Bertz CT molecular complexity index is 336. The van der Waals surface area contributed by atoms with Crippen LogP contribution in [0, 0.1) is 0 Å². The monoisotopic (exact) mass is 189 g/mol. The zero-order valence-corrected chi connectivity index (χ0v) is 8.20. The molecule has 1 aliphatic carbocycles.